The van der Waals surface area contributed by atoms with Gasteiger partial charge in [-0.05, 0) is 19.2 Å². The summed E-state index contributed by atoms with van der Waals surface area (Å²) in [5, 5.41) is 3.30. The lowest BCUT2D eigenvalue weighted by Gasteiger charge is -2.11. The summed E-state index contributed by atoms with van der Waals surface area (Å²) in [5.74, 6) is 1.14. The zero-order valence-electron chi connectivity index (χ0n) is 6.43. The van der Waals surface area contributed by atoms with Crippen LogP contribution in [0.25, 0.3) is 0 Å². The van der Waals surface area contributed by atoms with Gasteiger partial charge in [-0.15, -0.1) is 0 Å². The molecule has 1 saturated heterocycles. The number of ether oxygens (including phenoxy) is 1. The molecular weight excluding hydrogens is 146 g/mol. The average molecular weight is 161 g/mol. The van der Waals surface area contributed by atoms with Crippen LogP contribution in [0.5, 0.6) is 0 Å². The van der Waals surface area contributed by atoms with Crippen LogP contribution in [0.1, 0.15) is 6.42 Å². The molecule has 1 heterocycles. The largest absolute Gasteiger partial charge is 0.376 e. The van der Waals surface area contributed by atoms with Gasteiger partial charge in [-0.25, -0.2) is 0 Å². The summed E-state index contributed by atoms with van der Waals surface area (Å²) < 4.78 is 5.56. The van der Waals surface area contributed by atoms with Crippen molar-refractivity contribution in [2.45, 2.75) is 12.5 Å². The monoisotopic (exact) mass is 161 g/mol. The molecule has 0 saturated carbocycles. The van der Waals surface area contributed by atoms with Gasteiger partial charge < -0.3 is 10.1 Å². The molecule has 0 radical (unpaired) electrons. The van der Waals surface area contributed by atoms with Gasteiger partial charge in [-0.3, -0.25) is 0 Å². The lowest BCUT2D eigenvalue weighted by Crippen LogP contribution is -2.17. The molecule has 0 amide bonds. The van der Waals surface area contributed by atoms with Gasteiger partial charge in [0.05, 0.1) is 12.7 Å². The predicted octanol–water partition coefficient (Wildman–Crippen LogP) is 0.728. The molecular formula is C7H15NOS. The molecule has 10 heavy (non-hydrogen) atoms. The van der Waals surface area contributed by atoms with Crippen LogP contribution in [0.2, 0.25) is 0 Å². The first kappa shape index (κ1) is 8.37. The van der Waals surface area contributed by atoms with Crippen molar-refractivity contribution in [2.24, 2.45) is 0 Å². The van der Waals surface area contributed by atoms with E-state index in [9.17, 15) is 0 Å². The molecule has 0 aromatic carbocycles. The van der Waals surface area contributed by atoms with Gasteiger partial charge >= 0.3 is 0 Å². The molecule has 60 valence electrons. The van der Waals surface area contributed by atoms with Gasteiger partial charge in [0.1, 0.15) is 0 Å². The van der Waals surface area contributed by atoms with Crippen molar-refractivity contribution in [3.8, 4) is 0 Å². The molecule has 0 spiro atoms. The van der Waals surface area contributed by atoms with E-state index in [-0.39, 0.29) is 0 Å². The average Bonchev–Trinajstić information content (AvgIpc) is 2.17. The van der Waals surface area contributed by atoms with Crippen molar-refractivity contribution in [3.63, 3.8) is 0 Å². The molecule has 0 aromatic rings. The maximum absolute atomic E-state index is 5.56. The van der Waals surface area contributed by atoms with Crippen LogP contribution in [0, 0.1) is 0 Å². The van der Waals surface area contributed by atoms with Gasteiger partial charge in [0.25, 0.3) is 0 Å². The van der Waals surface area contributed by atoms with Crippen LogP contribution < -0.4 is 5.32 Å². The Balaban J connectivity index is 2.15. The Bertz CT molecular complexity index is 81.7. The van der Waals surface area contributed by atoms with Crippen molar-refractivity contribution >= 4 is 11.8 Å². The highest BCUT2D eigenvalue weighted by atomic mass is 32.2. The Morgan fingerprint density at radius 3 is 3.30 bits per heavy atom. The summed E-state index contributed by atoms with van der Waals surface area (Å²) in [6.07, 6.45) is 3.78. The third kappa shape index (κ3) is 2.90. The molecule has 0 aliphatic carbocycles. The molecule has 3 heteroatoms. The van der Waals surface area contributed by atoms with E-state index in [1.807, 2.05) is 11.8 Å². The number of nitrogens with one attached hydrogen (secondary N) is 1. The standard InChI is InChI=1S/C7H15NOS/c1-10-6-7-2-3-8-4-5-9-7/h7-8H,2-6H2,1H3. The summed E-state index contributed by atoms with van der Waals surface area (Å²) in [6.45, 7) is 3.02. The lowest BCUT2D eigenvalue weighted by atomic mass is 10.3. The van der Waals surface area contributed by atoms with E-state index in [0.29, 0.717) is 6.10 Å². The first-order valence-corrected chi connectivity index (χ1v) is 5.14. The first-order valence-electron chi connectivity index (χ1n) is 3.74. The maximum Gasteiger partial charge on any atom is 0.0678 e. The first-order chi connectivity index (χ1) is 4.93. The minimum Gasteiger partial charge on any atom is -0.376 e. The van der Waals surface area contributed by atoms with Gasteiger partial charge in [-0.1, -0.05) is 0 Å². The smallest absolute Gasteiger partial charge is 0.0678 e. The molecule has 1 rings (SSSR count). The normalized spacial score (nSPS) is 27.9. The molecule has 2 nitrogen and oxygen atoms in total. The Morgan fingerprint density at radius 1 is 1.60 bits per heavy atom. The van der Waals surface area contributed by atoms with E-state index < -0.39 is 0 Å². The summed E-state index contributed by atoms with van der Waals surface area (Å²) >= 11 is 1.86. The molecule has 1 fully saturated rings. The van der Waals surface area contributed by atoms with Crippen LogP contribution in [-0.2, 0) is 4.74 Å². The van der Waals surface area contributed by atoms with Crippen LogP contribution in [0.4, 0.5) is 0 Å². The van der Waals surface area contributed by atoms with Gasteiger partial charge in [0.2, 0.25) is 0 Å². The van der Waals surface area contributed by atoms with Crippen molar-refractivity contribution in [2.75, 3.05) is 31.7 Å². The third-order valence-electron chi connectivity index (χ3n) is 1.63. The topological polar surface area (TPSA) is 21.3 Å². The Kier molecular flexibility index (Phi) is 4.18. The van der Waals surface area contributed by atoms with Crippen LogP contribution in [-0.4, -0.2) is 37.8 Å². The zero-order valence-corrected chi connectivity index (χ0v) is 7.25. The highest BCUT2D eigenvalue weighted by Crippen LogP contribution is 2.06. The maximum atomic E-state index is 5.56. The fourth-order valence-electron chi connectivity index (χ4n) is 1.09. The van der Waals surface area contributed by atoms with Gasteiger partial charge in [0, 0.05) is 12.3 Å². The van der Waals surface area contributed by atoms with E-state index >= 15 is 0 Å². The summed E-state index contributed by atoms with van der Waals surface area (Å²) in [5.41, 5.74) is 0. The molecule has 1 unspecified atom stereocenters. The summed E-state index contributed by atoms with van der Waals surface area (Å²) in [4.78, 5) is 0. The van der Waals surface area contributed by atoms with Gasteiger partial charge in [-0.2, -0.15) is 11.8 Å². The summed E-state index contributed by atoms with van der Waals surface area (Å²) in [6, 6.07) is 0. The highest BCUT2D eigenvalue weighted by molar-refractivity contribution is 7.98. The SMILES string of the molecule is CSCC1CCNCCO1. The number of rotatable bonds is 2. The van der Waals surface area contributed by atoms with E-state index in [2.05, 4.69) is 11.6 Å². The van der Waals surface area contributed by atoms with E-state index in [4.69, 9.17) is 4.74 Å². The van der Waals surface area contributed by atoms with Crippen molar-refractivity contribution in [1.82, 2.24) is 5.32 Å². The van der Waals surface area contributed by atoms with Crippen molar-refractivity contribution in [3.05, 3.63) is 0 Å². The molecule has 0 aromatic heterocycles. The van der Waals surface area contributed by atoms with E-state index in [1.54, 1.807) is 0 Å². The zero-order chi connectivity index (χ0) is 7.23. The fourth-order valence-corrected chi connectivity index (χ4v) is 1.72. The third-order valence-corrected chi connectivity index (χ3v) is 2.33. The molecule has 1 aliphatic rings. The number of hydrogen-bond acceptors (Lipinski definition) is 3. The van der Waals surface area contributed by atoms with Crippen molar-refractivity contribution in [1.29, 1.82) is 0 Å². The highest BCUT2D eigenvalue weighted by Gasteiger charge is 2.10. The lowest BCUT2D eigenvalue weighted by molar-refractivity contribution is 0.0817. The Morgan fingerprint density at radius 2 is 2.50 bits per heavy atom. The Hall–Kier alpha value is 0.270. The number of thioether (sulfide) groups is 1. The van der Waals surface area contributed by atoms with Crippen LogP contribution in [0.3, 0.4) is 0 Å². The summed E-state index contributed by atoms with van der Waals surface area (Å²) in [7, 11) is 0. The van der Waals surface area contributed by atoms with Gasteiger partial charge in [0.15, 0.2) is 0 Å². The van der Waals surface area contributed by atoms with Crippen LogP contribution >= 0.6 is 11.8 Å². The second kappa shape index (κ2) is 4.99. The molecule has 1 aliphatic heterocycles. The molecule has 1 N–H and O–H groups in total. The van der Waals surface area contributed by atoms with E-state index in [0.717, 1.165) is 25.4 Å². The second-order valence-corrected chi connectivity index (χ2v) is 3.40. The minimum atomic E-state index is 0.491. The van der Waals surface area contributed by atoms with Crippen LogP contribution in [0.15, 0.2) is 0 Å². The second-order valence-electron chi connectivity index (χ2n) is 2.49. The van der Waals surface area contributed by atoms with E-state index in [1.165, 1.54) is 6.42 Å². The molecule has 0 bridgehead atoms. The predicted molar refractivity (Wildman–Crippen MR) is 45.6 cm³/mol. The minimum absolute atomic E-state index is 0.491. The molecule has 1 atom stereocenters. The Labute approximate surface area is 66.7 Å². The quantitative estimate of drug-likeness (QED) is 0.645. The fraction of sp³-hybridized carbons (Fsp3) is 1.00. The number of hydrogen-bond donors (Lipinski definition) is 1. The van der Waals surface area contributed by atoms with Crippen molar-refractivity contribution < 1.29 is 4.74 Å².